The molecule has 1 heterocycles. The highest BCUT2D eigenvalue weighted by Gasteiger charge is 2.15. The van der Waals surface area contributed by atoms with E-state index in [2.05, 4.69) is 9.97 Å². The molecule has 2 aromatic carbocycles. The smallest absolute Gasteiger partial charge is 0.272 e. The zero-order valence-corrected chi connectivity index (χ0v) is 13.8. The number of fused-ring (bicyclic) bond motifs is 1. The summed E-state index contributed by atoms with van der Waals surface area (Å²) in [4.78, 5) is 17.6. The number of rotatable bonds is 5. The van der Waals surface area contributed by atoms with E-state index in [1.807, 2.05) is 24.3 Å². The Hall–Kier alpha value is -3.86. The van der Waals surface area contributed by atoms with Crippen LogP contribution in [0.1, 0.15) is 11.4 Å². The molecule has 26 heavy (non-hydrogen) atoms. The van der Waals surface area contributed by atoms with Gasteiger partial charge in [-0.15, -0.1) is 0 Å². The van der Waals surface area contributed by atoms with Crippen molar-refractivity contribution in [2.75, 3.05) is 6.61 Å². The van der Waals surface area contributed by atoms with Crippen molar-refractivity contribution in [1.29, 1.82) is 5.26 Å². The molecule has 130 valence electrons. The van der Waals surface area contributed by atoms with Crippen molar-refractivity contribution in [2.24, 2.45) is 0 Å². The van der Waals surface area contributed by atoms with Crippen LogP contribution in [0.5, 0.6) is 5.75 Å². The minimum atomic E-state index is -0.480. The molecule has 0 bridgehead atoms. The summed E-state index contributed by atoms with van der Waals surface area (Å²) >= 11 is 0. The van der Waals surface area contributed by atoms with Gasteiger partial charge < -0.3 is 14.8 Å². The van der Waals surface area contributed by atoms with Gasteiger partial charge in [-0.1, -0.05) is 12.1 Å². The van der Waals surface area contributed by atoms with Gasteiger partial charge in [0.1, 0.15) is 24.0 Å². The van der Waals surface area contributed by atoms with Crippen LogP contribution in [0, 0.1) is 28.4 Å². The lowest BCUT2D eigenvalue weighted by Gasteiger charge is -2.07. The predicted molar refractivity (Wildman–Crippen MR) is 94.6 cm³/mol. The van der Waals surface area contributed by atoms with E-state index in [1.165, 1.54) is 18.2 Å². The van der Waals surface area contributed by atoms with Crippen LogP contribution in [0.15, 0.2) is 48.2 Å². The van der Waals surface area contributed by atoms with E-state index in [4.69, 9.17) is 4.74 Å². The zero-order valence-electron chi connectivity index (χ0n) is 13.8. The van der Waals surface area contributed by atoms with E-state index in [1.54, 1.807) is 13.0 Å². The number of imidazole rings is 1. The van der Waals surface area contributed by atoms with Gasteiger partial charge in [0.2, 0.25) is 0 Å². The molecule has 0 unspecified atom stereocenters. The van der Waals surface area contributed by atoms with Crippen LogP contribution >= 0.6 is 0 Å². The van der Waals surface area contributed by atoms with Crippen molar-refractivity contribution >= 4 is 22.3 Å². The number of aryl methyl sites for hydroxylation is 1. The Morgan fingerprint density at radius 1 is 1.38 bits per heavy atom. The lowest BCUT2D eigenvalue weighted by molar-refractivity contribution is -0.385. The highest BCUT2D eigenvalue weighted by molar-refractivity contribution is 5.82. The fraction of sp³-hybridized carbons (Fsp3) is 0.111. The summed E-state index contributed by atoms with van der Waals surface area (Å²) in [6.45, 7) is 1.33. The molecule has 0 fully saturated rings. The van der Waals surface area contributed by atoms with Crippen LogP contribution in [0.25, 0.3) is 16.6 Å². The van der Waals surface area contributed by atoms with E-state index in [9.17, 15) is 20.5 Å². The quantitative estimate of drug-likeness (QED) is 0.313. The summed E-state index contributed by atoms with van der Waals surface area (Å²) in [5.74, 6) is 0.304. The molecular weight excluding hydrogens is 336 g/mol. The first kappa shape index (κ1) is 17.0. The van der Waals surface area contributed by atoms with Crippen molar-refractivity contribution in [3.05, 3.63) is 69.7 Å². The van der Waals surface area contributed by atoms with Gasteiger partial charge >= 0.3 is 0 Å². The number of aliphatic hydroxyl groups is 1. The number of nitrogens with one attached hydrogen (secondary N) is 1. The third-order valence-electron chi connectivity index (χ3n) is 3.77. The molecule has 3 rings (SSSR count). The van der Waals surface area contributed by atoms with Gasteiger partial charge in [-0.25, -0.2) is 4.98 Å². The first-order valence-electron chi connectivity index (χ1n) is 7.64. The standard InChI is InChI=1S/C18H14N4O4/c1-11-8-12(6-7-16(11)22(24)25)26-10-17(23)13(9-19)18-20-14-4-2-3-5-15(14)21-18/h2-8,23H,10H2,1H3,(H,20,21)/b17-13-. The van der Waals surface area contributed by atoms with E-state index >= 15 is 0 Å². The number of aromatic amines is 1. The summed E-state index contributed by atoms with van der Waals surface area (Å²) in [5, 5.41) is 30.4. The van der Waals surface area contributed by atoms with Gasteiger partial charge in [-0.3, -0.25) is 10.1 Å². The second kappa shape index (κ2) is 6.94. The third-order valence-corrected chi connectivity index (χ3v) is 3.77. The minimum absolute atomic E-state index is 0.0166. The maximum Gasteiger partial charge on any atom is 0.272 e. The summed E-state index contributed by atoms with van der Waals surface area (Å²) in [6.07, 6.45) is 0. The van der Waals surface area contributed by atoms with Crippen LogP contribution in [-0.2, 0) is 0 Å². The SMILES string of the molecule is Cc1cc(OC/C(O)=C(\C#N)c2nc3ccccc3[nH]2)ccc1[N+](=O)[O-]. The highest BCUT2D eigenvalue weighted by Crippen LogP contribution is 2.24. The average Bonchev–Trinajstić information content (AvgIpc) is 3.04. The molecule has 0 atom stereocenters. The number of benzene rings is 2. The average molecular weight is 350 g/mol. The molecule has 0 amide bonds. The number of nitro groups is 1. The Labute approximate surface area is 148 Å². The summed E-state index contributed by atoms with van der Waals surface area (Å²) in [5.41, 5.74) is 1.82. The molecule has 2 N–H and O–H groups in total. The van der Waals surface area contributed by atoms with Crippen molar-refractivity contribution in [3.63, 3.8) is 0 Å². The van der Waals surface area contributed by atoms with Crippen molar-refractivity contribution in [3.8, 4) is 11.8 Å². The number of aliphatic hydroxyl groups excluding tert-OH is 1. The lowest BCUT2D eigenvalue weighted by Crippen LogP contribution is -2.04. The molecule has 0 aliphatic carbocycles. The molecule has 0 radical (unpaired) electrons. The molecule has 3 aromatic rings. The number of ether oxygens (including phenoxy) is 1. The Morgan fingerprint density at radius 3 is 2.81 bits per heavy atom. The fourth-order valence-electron chi connectivity index (χ4n) is 2.47. The fourth-order valence-corrected chi connectivity index (χ4v) is 2.47. The molecule has 0 aliphatic rings. The van der Waals surface area contributed by atoms with Crippen LogP contribution in [0.3, 0.4) is 0 Å². The van der Waals surface area contributed by atoms with E-state index in [0.29, 0.717) is 16.8 Å². The minimum Gasteiger partial charge on any atom is -0.507 e. The van der Waals surface area contributed by atoms with E-state index in [0.717, 1.165) is 5.52 Å². The van der Waals surface area contributed by atoms with Crippen molar-refractivity contribution in [2.45, 2.75) is 6.92 Å². The molecule has 8 heteroatoms. The van der Waals surface area contributed by atoms with Gasteiger partial charge in [0, 0.05) is 11.6 Å². The normalized spacial score (nSPS) is 11.7. The summed E-state index contributed by atoms with van der Waals surface area (Å²) < 4.78 is 5.44. The first-order valence-corrected chi connectivity index (χ1v) is 7.64. The molecule has 0 spiro atoms. The third kappa shape index (κ3) is 3.32. The number of allylic oxidation sites excluding steroid dienone is 1. The molecular formula is C18H14N4O4. The van der Waals surface area contributed by atoms with Crippen LogP contribution in [0.2, 0.25) is 0 Å². The Bertz CT molecular complexity index is 1030. The van der Waals surface area contributed by atoms with Gasteiger partial charge in [-0.05, 0) is 31.2 Å². The molecule has 1 aromatic heterocycles. The van der Waals surface area contributed by atoms with Crippen LogP contribution < -0.4 is 4.74 Å². The number of H-pyrrole nitrogens is 1. The zero-order chi connectivity index (χ0) is 18.7. The predicted octanol–water partition coefficient (Wildman–Crippen LogP) is 3.65. The number of hydrogen-bond donors (Lipinski definition) is 2. The van der Waals surface area contributed by atoms with Gasteiger partial charge in [0.05, 0.1) is 16.0 Å². The van der Waals surface area contributed by atoms with E-state index in [-0.39, 0.29) is 29.5 Å². The maximum absolute atomic E-state index is 10.8. The van der Waals surface area contributed by atoms with Crippen molar-refractivity contribution < 1.29 is 14.8 Å². The lowest BCUT2D eigenvalue weighted by atomic mass is 10.2. The molecule has 0 saturated carbocycles. The van der Waals surface area contributed by atoms with Gasteiger partial charge in [0.15, 0.2) is 11.6 Å². The Balaban J connectivity index is 1.82. The summed E-state index contributed by atoms with van der Waals surface area (Å²) in [7, 11) is 0. The first-order chi connectivity index (χ1) is 12.5. The molecule has 0 saturated heterocycles. The summed E-state index contributed by atoms with van der Waals surface area (Å²) in [6, 6.07) is 13.4. The Kier molecular flexibility index (Phi) is 4.53. The van der Waals surface area contributed by atoms with Crippen LogP contribution in [0.4, 0.5) is 5.69 Å². The largest absolute Gasteiger partial charge is 0.507 e. The number of nitro benzene ring substituents is 1. The molecule has 0 aliphatic heterocycles. The van der Waals surface area contributed by atoms with E-state index < -0.39 is 4.92 Å². The molecule has 8 nitrogen and oxygen atoms in total. The second-order valence-corrected chi connectivity index (χ2v) is 5.53. The Morgan fingerprint density at radius 2 is 2.15 bits per heavy atom. The number of hydrogen-bond acceptors (Lipinski definition) is 6. The number of para-hydroxylation sites is 2. The second-order valence-electron chi connectivity index (χ2n) is 5.53. The number of nitrogens with zero attached hydrogens (tertiary/aromatic N) is 3. The van der Waals surface area contributed by atoms with Crippen molar-refractivity contribution in [1.82, 2.24) is 9.97 Å². The number of nitriles is 1. The monoisotopic (exact) mass is 350 g/mol. The highest BCUT2D eigenvalue weighted by atomic mass is 16.6. The topological polar surface area (TPSA) is 125 Å². The van der Waals surface area contributed by atoms with Gasteiger partial charge in [0.25, 0.3) is 5.69 Å². The maximum atomic E-state index is 10.8. The van der Waals surface area contributed by atoms with Gasteiger partial charge in [-0.2, -0.15) is 5.26 Å². The number of aromatic nitrogens is 2. The van der Waals surface area contributed by atoms with Crippen LogP contribution in [-0.4, -0.2) is 26.6 Å².